The van der Waals surface area contributed by atoms with Crippen LogP contribution in [0, 0.1) is 0 Å². The summed E-state index contributed by atoms with van der Waals surface area (Å²) in [4.78, 5) is 0. The van der Waals surface area contributed by atoms with Crippen molar-refractivity contribution in [2.45, 2.75) is 13.0 Å². The highest BCUT2D eigenvalue weighted by atomic mass is 28.1. The standard InChI is InChI=1S/C5H16N2Si/c1-2-6-5-7-3-4-8/h6-7H,2-5H2,1,8H3. The average molecular weight is 132 g/mol. The first kappa shape index (κ1) is 8.14. The first-order valence-corrected chi connectivity index (χ1v) is 4.74. The second-order valence-electron chi connectivity index (χ2n) is 1.78. The SMILES string of the molecule is CCNCNCC[SiH3]. The summed E-state index contributed by atoms with van der Waals surface area (Å²) in [6.07, 6.45) is 0. The van der Waals surface area contributed by atoms with Gasteiger partial charge in [0.25, 0.3) is 0 Å². The molecule has 3 heteroatoms. The van der Waals surface area contributed by atoms with Gasteiger partial charge in [0, 0.05) is 16.9 Å². The van der Waals surface area contributed by atoms with E-state index in [-0.39, 0.29) is 0 Å². The van der Waals surface area contributed by atoms with Crippen molar-refractivity contribution in [2.75, 3.05) is 19.8 Å². The van der Waals surface area contributed by atoms with Crippen LogP contribution in [-0.4, -0.2) is 30.0 Å². The maximum atomic E-state index is 3.26. The van der Waals surface area contributed by atoms with E-state index in [9.17, 15) is 0 Å². The van der Waals surface area contributed by atoms with Gasteiger partial charge in [0.2, 0.25) is 0 Å². The van der Waals surface area contributed by atoms with Crippen molar-refractivity contribution in [3.8, 4) is 0 Å². The average Bonchev–Trinajstić information content (AvgIpc) is 1.81. The van der Waals surface area contributed by atoms with E-state index in [2.05, 4.69) is 17.6 Å². The van der Waals surface area contributed by atoms with Crippen molar-refractivity contribution >= 4 is 10.2 Å². The lowest BCUT2D eigenvalue weighted by atomic mass is 10.7. The molecule has 0 saturated carbocycles. The fourth-order valence-electron chi connectivity index (χ4n) is 0.479. The van der Waals surface area contributed by atoms with Crippen LogP contribution in [0.4, 0.5) is 0 Å². The van der Waals surface area contributed by atoms with Gasteiger partial charge in [-0.3, -0.25) is 0 Å². The summed E-state index contributed by atoms with van der Waals surface area (Å²) in [6, 6.07) is 1.35. The zero-order valence-electron chi connectivity index (χ0n) is 5.83. The second kappa shape index (κ2) is 7.14. The van der Waals surface area contributed by atoms with Gasteiger partial charge in [-0.1, -0.05) is 13.0 Å². The third kappa shape index (κ3) is 6.14. The highest BCUT2D eigenvalue weighted by molar-refractivity contribution is 6.08. The smallest absolute Gasteiger partial charge is 0.0454 e. The lowest BCUT2D eigenvalue weighted by molar-refractivity contribution is 0.616. The van der Waals surface area contributed by atoms with Crippen LogP contribution in [0.3, 0.4) is 0 Å². The molecule has 0 saturated heterocycles. The zero-order valence-corrected chi connectivity index (χ0v) is 7.83. The second-order valence-corrected chi connectivity index (χ2v) is 2.78. The molecular formula is C5H16N2Si. The third-order valence-corrected chi connectivity index (χ3v) is 1.43. The molecule has 8 heavy (non-hydrogen) atoms. The van der Waals surface area contributed by atoms with E-state index in [1.807, 2.05) is 0 Å². The molecule has 2 nitrogen and oxygen atoms in total. The first-order valence-electron chi connectivity index (χ1n) is 3.33. The summed E-state index contributed by atoms with van der Waals surface area (Å²) in [6.45, 7) is 5.33. The Kier molecular flexibility index (Phi) is 7.26. The Labute approximate surface area is 54.5 Å². The minimum atomic E-state index is 0.971. The zero-order chi connectivity index (χ0) is 6.24. The Morgan fingerprint density at radius 2 is 2.12 bits per heavy atom. The van der Waals surface area contributed by atoms with E-state index in [1.165, 1.54) is 22.8 Å². The minimum absolute atomic E-state index is 0.971. The first-order chi connectivity index (χ1) is 3.91. The van der Waals surface area contributed by atoms with Crippen LogP contribution in [0.2, 0.25) is 6.04 Å². The fourth-order valence-corrected chi connectivity index (χ4v) is 0.832. The van der Waals surface area contributed by atoms with Gasteiger partial charge in [0.05, 0.1) is 0 Å². The molecule has 0 aromatic rings. The predicted octanol–water partition coefficient (Wildman–Crippen LogP) is -1.07. The predicted molar refractivity (Wildman–Crippen MR) is 41.3 cm³/mol. The Morgan fingerprint density at radius 3 is 2.62 bits per heavy atom. The maximum absolute atomic E-state index is 3.26. The van der Waals surface area contributed by atoms with Crippen molar-refractivity contribution in [2.24, 2.45) is 0 Å². The molecule has 0 radical (unpaired) electrons. The van der Waals surface area contributed by atoms with Gasteiger partial charge in [-0.25, -0.2) is 0 Å². The van der Waals surface area contributed by atoms with Crippen LogP contribution in [0.5, 0.6) is 0 Å². The van der Waals surface area contributed by atoms with Crippen molar-refractivity contribution in [1.82, 2.24) is 10.6 Å². The van der Waals surface area contributed by atoms with Crippen LogP contribution in [0.25, 0.3) is 0 Å². The van der Waals surface area contributed by atoms with Crippen LogP contribution in [-0.2, 0) is 0 Å². The summed E-state index contributed by atoms with van der Waals surface area (Å²) in [5.41, 5.74) is 0. The monoisotopic (exact) mass is 132 g/mol. The van der Waals surface area contributed by atoms with E-state index >= 15 is 0 Å². The van der Waals surface area contributed by atoms with Gasteiger partial charge in [-0.05, 0) is 13.1 Å². The van der Waals surface area contributed by atoms with Gasteiger partial charge in [-0.15, -0.1) is 0 Å². The van der Waals surface area contributed by atoms with Crippen molar-refractivity contribution < 1.29 is 0 Å². The molecule has 50 valence electrons. The van der Waals surface area contributed by atoms with Crippen molar-refractivity contribution in [3.05, 3.63) is 0 Å². The van der Waals surface area contributed by atoms with E-state index in [4.69, 9.17) is 0 Å². The Morgan fingerprint density at radius 1 is 1.38 bits per heavy atom. The molecular weight excluding hydrogens is 116 g/mol. The number of rotatable bonds is 5. The number of hydrogen-bond acceptors (Lipinski definition) is 2. The number of nitrogens with one attached hydrogen (secondary N) is 2. The fraction of sp³-hybridized carbons (Fsp3) is 1.00. The van der Waals surface area contributed by atoms with E-state index in [0.29, 0.717) is 0 Å². The summed E-state index contributed by atoms with van der Waals surface area (Å²) in [7, 11) is 1.32. The Hall–Kier alpha value is 0.137. The molecule has 0 spiro atoms. The summed E-state index contributed by atoms with van der Waals surface area (Å²) in [5.74, 6) is 0. The highest BCUT2D eigenvalue weighted by Crippen LogP contribution is 1.62. The Bertz CT molecular complexity index is 35.4. The molecule has 2 N–H and O–H groups in total. The van der Waals surface area contributed by atoms with Crippen LogP contribution >= 0.6 is 0 Å². The number of hydrogen-bond donors (Lipinski definition) is 2. The van der Waals surface area contributed by atoms with Crippen LogP contribution < -0.4 is 10.6 Å². The quantitative estimate of drug-likeness (QED) is 0.283. The molecule has 0 aromatic heterocycles. The van der Waals surface area contributed by atoms with Gasteiger partial charge in [-0.2, -0.15) is 0 Å². The van der Waals surface area contributed by atoms with Crippen LogP contribution in [0.1, 0.15) is 6.92 Å². The molecule has 0 aliphatic rings. The molecule has 0 aromatic carbocycles. The Balaban J connectivity index is 2.53. The lowest BCUT2D eigenvalue weighted by Gasteiger charge is -2.00. The molecule has 0 rings (SSSR count). The van der Waals surface area contributed by atoms with Crippen molar-refractivity contribution in [1.29, 1.82) is 0 Å². The third-order valence-electron chi connectivity index (χ3n) is 0.927. The molecule has 0 aliphatic heterocycles. The summed E-state index contributed by atoms with van der Waals surface area (Å²) < 4.78 is 0. The van der Waals surface area contributed by atoms with Gasteiger partial charge >= 0.3 is 0 Å². The van der Waals surface area contributed by atoms with Crippen molar-refractivity contribution in [3.63, 3.8) is 0 Å². The highest BCUT2D eigenvalue weighted by Gasteiger charge is 1.78. The van der Waals surface area contributed by atoms with E-state index in [1.54, 1.807) is 0 Å². The molecule has 0 heterocycles. The van der Waals surface area contributed by atoms with E-state index in [0.717, 1.165) is 13.2 Å². The molecule has 0 bridgehead atoms. The van der Waals surface area contributed by atoms with E-state index < -0.39 is 0 Å². The van der Waals surface area contributed by atoms with Crippen LogP contribution in [0.15, 0.2) is 0 Å². The van der Waals surface area contributed by atoms with Gasteiger partial charge in [0.15, 0.2) is 0 Å². The lowest BCUT2D eigenvalue weighted by Crippen LogP contribution is -2.29. The molecule has 0 amide bonds. The topological polar surface area (TPSA) is 24.1 Å². The molecule has 0 unspecified atom stereocenters. The summed E-state index contributed by atoms with van der Waals surface area (Å²) in [5, 5.41) is 6.45. The maximum Gasteiger partial charge on any atom is 0.0454 e. The molecule has 0 fully saturated rings. The summed E-state index contributed by atoms with van der Waals surface area (Å²) >= 11 is 0. The normalized spacial score (nSPS) is 10.1. The largest absolute Gasteiger partial charge is 0.305 e. The molecule has 0 atom stereocenters. The van der Waals surface area contributed by atoms with Gasteiger partial charge < -0.3 is 10.6 Å². The molecule has 0 aliphatic carbocycles. The van der Waals surface area contributed by atoms with Gasteiger partial charge in [0.1, 0.15) is 0 Å². The minimum Gasteiger partial charge on any atom is -0.305 e.